The number of hydrogen-bond donors (Lipinski definition) is 2. The Hall–Kier alpha value is -2.01. The van der Waals surface area contributed by atoms with Gasteiger partial charge in [-0.25, -0.2) is 9.78 Å². The molecule has 0 saturated carbocycles. The number of anilines is 1. The third-order valence-electron chi connectivity index (χ3n) is 2.53. The van der Waals surface area contributed by atoms with E-state index in [-0.39, 0.29) is 6.03 Å². The molecule has 0 aliphatic rings. The first kappa shape index (κ1) is 14.4. The van der Waals surface area contributed by atoms with Gasteiger partial charge in [-0.2, -0.15) is 0 Å². The molecule has 0 spiro atoms. The molecule has 104 valence electrons. The third-order valence-corrected chi connectivity index (χ3v) is 3.62. The van der Waals surface area contributed by atoms with Crippen LogP contribution in [0, 0.1) is 0 Å². The maximum atomic E-state index is 11.6. The van der Waals surface area contributed by atoms with Gasteiger partial charge in [-0.05, 0) is 36.4 Å². The summed E-state index contributed by atoms with van der Waals surface area (Å²) in [6.07, 6.45) is 2.57. The van der Waals surface area contributed by atoms with Crippen LogP contribution in [0.15, 0.2) is 59.6 Å². The monoisotopic (exact) mass is 287 g/mol. The van der Waals surface area contributed by atoms with Gasteiger partial charge in [-0.1, -0.05) is 24.3 Å². The topological polar surface area (TPSA) is 54.0 Å². The Morgan fingerprint density at radius 2 is 1.90 bits per heavy atom. The van der Waals surface area contributed by atoms with Crippen LogP contribution in [0.5, 0.6) is 0 Å². The normalized spacial score (nSPS) is 10.0. The van der Waals surface area contributed by atoms with Gasteiger partial charge in [-0.15, -0.1) is 11.8 Å². The van der Waals surface area contributed by atoms with Crippen LogP contribution in [0.3, 0.4) is 0 Å². The largest absolute Gasteiger partial charge is 0.338 e. The quantitative estimate of drug-likeness (QED) is 0.632. The summed E-state index contributed by atoms with van der Waals surface area (Å²) in [6.45, 7) is 0.651. The van der Waals surface area contributed by atoms with E-state index < -0.39 is 0 Å². The van der Waals surface area contributed by atoms with Gasteiger partial charge in [0.05, 0.1) is 0 Å². The molecule has 5 heteroatoms. The zero-order valence-electron chi connectivity index (χ0n) is 11.1. The molecule has 2 aromatic rings. The van der Waals surface area contributed by atoms with E-state index in [2.05, 4.69) is 27.8 Å². The minimum absolute atomic E-state index is 0.214. The molecule has 1 heterocycles. The van der Waals surface area contributed by atoms with Crippen molar-refractivity contribution in [1.82, 2.24) is 10.3 Å². The molecular formula is C15H17N3OS. The van der Waals surface area contributed by atoms with Gasteiger partial charge in [-0.3, -0.25) is 5.32 Å². The number of aromatic nitrogens is 1. The lowest BCUT2D eigenvalue weighted by atomic mass is 10.4. The second-order valence-electron chi connectivity index (χ2n) is 4.11. The van der Waals surface area contributed by atoms with Crippen LogP contribution in [0.2, 0.25) is 0 Å². The van der Waals surface area contributed by atoms with Crippen LogP contribution in [0.1, 0.15) is 6.42 Å². The molecular weight excluding hydrogens is 270 g/mol. The summed E-state index contributed by atoms with van der Waals surface area (Å²) >= 11 is 1.79. The SMILES string of the molecule is O=C(NCCCSc1ccccc1)Nc1ccccn1. The fourth-order valence-corrected chi connectivity index (χ4v) is 2.45. The summed E-state index contributed by atoms with van der Waals surface area (Å²) in [5.41, 5.74) is 0. The molecule has 0 fully saturated rings. The van der Waals surface area contributed by atoms with E-state index in [0.29, 0.717) is 12.4 Å². The molecule has 2 N–H and O–H groups in total. The number of nitrogens with one attached hydrogen (secondary N) is 2. The minimum atomic E-state index is -0.214. The highest BCUT2D eigenvalue weighted by Gasteiger charge is 2.00. The van der Waals surface area contributed by atoms with Gasteiger partial charge >= 0.3 is 6.03 Å². The van der Waals surface area contributed by atoms with Crippen molar-refractivity contribution in [2.24, 2.45) is 0 Å². The van der Waals surface area contributed by atoms with Crippen molar-refractivity contribution in [1.29, 1.82) is 0 Å². The minimum Gasteiger partial charge on any atom is -0.338 e. The van der Waals surface area contributed by atoms with E-state index in [4.69, 9.17) is 0 Å². The van der Waals surface area contributed by atoms with Crippen molar-refractivity contribution < 1.29 is 4.79 Å². The predicted octanol–water partition coefficient (Wildman–Crippen LogP) is 3.39. The molecule has 1 aromatic heterocycles. The van der Waals surface area contributed by atoms with E-state index in [1.54, 1.807) is 24.0 Å². The Morgan fingerprint density at radius 1 is 1.10 bits per heavy atom. The number of carbonyl (C=O) groups excluding carboxylic acids is 1. The van der Waals surface area contributed by atoms with Crippen LogP contribution >= 0.6 is 11.8 Å². The Morgan fingerprint density at radius 3 is 2.65 bits per heavy atom. The molecule has 0 bridgehead atoms. The number of rotatable bonds is 6. The average molecular weight is 287 g/mol. The van der Waals surface area contributed by atoms with Crippen molar-refractivity contribution in [3.8, 4) is 0 Å². The van der Waals surface area contributed by atoms with Gasteiger partial charge in [0, 0.05) is 17.6 Å². The van der Waals surface area contributed by atoms with E-state index in [1.165, 1.54) is 4.90 Å². The number of pyridine rings is 1. The molecule has 2 amide bonds. The van der Waals surface area contributed by atoms with Crippen molar-refractivity contribution in [2.75, 3.05) is 17.6 Å². The first-order valence-electron chi connectivity index (χ1n) is 6.48. The summed E-state index contributed by atoms with van der Waals surface area (Å²) in [4.78, 5) is 16.9. The zero-order valence-corrected chi connectivity index (χ0v) is 11.9. The van der Waals surface area contributed by atoms with Crippen molar-refractivity contribution in [2.45, 2.75) is 11.3 Å². The van der Waals surface area contributed by atoms with Gasteiger partial charge < -0.3 is 5.32 Å². The fourth-order valence-electron chi connectivity index (χ4n) is 1.58. The lowest BCUT2D eigenvalue weighted by Gasteiger charge is -2.06. The molecule has 20 heavy (non-hydrogen) atoms. The van der Waals surface area contributed by atoms with Crippen LogP contribution in [-0.2, 0) is 0 Å². The molecule has 0 radical (unpaired) electrons. The summed E-state index contributed by atoms with van der Waals surface area (Å²) in [5.74, 6) is 1.54. The average Bonchev–Trinajstić information content (AvgIpc) is 2.49. The second-order valence-corrected chi connectivity index (χ2v) is 5.28. The number of nitrogens with zero attached hydrogens (tertiary/aromatic N) is 1. The van der Waals surface area contributed by atoms with Crippen LogP contribution < -0.4 is 10.6 Å². The molecule has 1 aromatic carbocycles. The highest BCUT2D eigenvalue weighted by atomic mass is 32.2. The summed E-state index contributed by atoms with van der Waals surface area (Å²) in [5, 5.41) is 5.50. The van der Waals surface area contributed by atoms with Crippen LogP contribution in [-0.4, -0.2) is 23.3 Å². The fraction of sp³-hybridized carbons (Fsp3) is 0.200. The van der Waals surface area contributed by atoms with Gasteiger partial charge in [0.25, 0.3) is 0 Å². The zero-order chi connectivity index (χ0) is 14.0. The second kappa shape index (κ2) is 8.22. The van der Waals surface area contributed by atoms with Gasteiger partial charge in [0.2, 0.25) is 0 Å². The molecule has 0 aliphatic heterocycles. The van der Waals surface area contributed by atoms with E-state index >= 15 is 0 Å². The molecule has 0 atom stereocenters. The van der Waals surface area contributed by atoms with E-state index in [1.807, 2.05) is 30.3 Å². The maximum Gasteiger partial charge on any atom is 0.320 e. The maximum absolute atomic E-state index is 11.6. The first-order chi connectivity index (χ1) is 9.84. The van der Waals surface area contributed by atoms with Crippen molar-refractivity contribution >= 4 is 23.6 Å². The number of urea groups is 1. The molecule has 4 nitrogen and oxygen atoms in total. The summed E-state index contributed by atoms with van der Waals surface area (Å²) < 4.78 is 0. The summed E-state index contributed by atoms with van der Waals surface area (Å²) in [6, 6.07) is 15.4. The van der Waals surface area contributed by atoms with Crippen molar-refractivity contribution in [3.63, 3.8) is 0 Å². The third kappa shape index (κ3) is 5.32. The van der Waals surface area contributed by atoms with Gasteiger partial charge in [0.15, 0.2) is 0 Å². The number of amides is 2. The Kier molecular flexibility index (Phi) is 5.92. The highest BCUT2D eigenvalue weighted by Crippen LogP contribution is 2.17. The van der Waals surface area contributed by atoms with Crippen molar-refractivity contribution in [3.05, 3.63) is 54.7 Å². The smallest absolute Gasteiger partial charge is 0.320 e. The van der Waals surface area contributed by atoms with Crippen LogP contribution in [0.25, 0.3) is 0 Å². The molecule has 0 unspecified atom stereocenters. The number of thioether (sulfide) groups is 1. The number of benzene rings is 1. The Bertz CT molecular complexity index is 519. The molecule has 2 rings (SSSR count). The highest BCUT2D eigenvalue weighted by molar-refractivity contribution is 7.99. The Balaban J connectivity index is 1.58. The molecule has 0 aliphatic carbocycles. The van der Waals surface area contributed by atoms with Gasteiger partial charge in [0.1, 0.15) is 5.82 Å². The predicted molar refractivity (Wildman–Crippen MR) is 83.0 cm³/mol. The lowest BCUT2D eigenvalue weighted by molar-refractivity contribution is 0.252. The van der Waals surface area contributed by atoms with E-state index in [9.17, 15) is 4.79 Å². The van der Waals surface area contributed by atoms with E-state index in [0.717, 1.165) is 12.2 Å². The lowest BCUT2D eigenvalue weighted by Crippen LogP contribution is -2.30. The number of hydrogen-bond acceptors (Lipinski definition) is 3. The van der Waals surface area contributed by atoms with Crippen LogP contribution in [0.4, 0.5) is 10.6 Å². The Labute approximate surface area is 123 Å². The first-order valence-corrected chi connectivity index (χ1v) is 7.47. The summed E-state index contributed by atoms with van der Waals surface area (Å²) in [7, 11) is 0. The number of carbonyl (C=O) groups is 1. The molecule has 0 saturated heterocycles. The standard InChI is InChI=1S/C15H17N3OS/c19-15(18-14-9-4-5-10-16-14)17-11-6-12-20-13-7-2-1-3-8-13/h1-5,7-10H,6,11-12H2,(H2,16,17,18,19).